The van der Waals surface area contributed by atoms with E-state index in [1.807, 2.05) is 7.05 Å². The van der Waals surface area contributed by atoms with Crippen LogP contribution in [0.2, 0.25) is 0 Å². The summed E-state index contributed by atoms with van der Waals surface area (Å²) in [6.45, 7) is 1.95. The van der Waals surface area contributed by atoms with Crippen molar-refractivity contribution in [3.8, 4) is 5.75 Å². The molecule has 0 saturated carbocycles. The van der Waals surface area contributed by atoms with Gasteiger partial charge in [-0.15, -0.1) is 13.2 Å². The number of rotatable bonds is 3. The molecule has 0 bridgehead atoms. The van der Waals surface area contributed by atoms with Crippen LogP contribution in [0.4, 0.5) is 18.9 Å². The van der Waals surface area contributed by atoms with E-state index in [9.17, 15) is 13.2 Å². The molecule has 1 aliphatic rings. The van der Waals surface area contributed by atoms with E-state index >= 15 is 0 Å². The summed E-state index contributed by atoms with van der Waals surface area (Å²) in [5, 5.41) is 3.28. The highest BCUT2D eigenvalue weighted by atomic mass is 19.4. The highest BCUT2D eigenvalue weighted by molar-refractivity contribution is 5.49. The van der Waals surface area contributed by atoms with Crippen LogP contribution in [0, 0.1) is 0 Å². The zero-order valence-electron chi connectivity index (χ0n) is 10.7. The van der Waals surface area contributed by atoms with E-state index in [-0.39, 0.29) is 5.75 Å². The first-order valence-electron chi connectivity index (χ1n) is 6.25. The van der Waals surface area contributed by atoms with Crippen molar-refractivity contribution in [1.29, 1.82) is 0 Å². The van der Waals surface area contributed by atoms with Gasteiger partial charge in [-0.2, -0.15) is 0 Å². The smallest absolute Gasteiger partial charge is 0.406 e. The number of ether oxygens (including phenoxy) is 1. The molecule has 1 aromatic rings. The third-order valence-electron chi connectivity index (χ3n) is 3.33. The Bertz CT molecular complexity index is 399. The molecular weight excluding hydrogens is 257 g/mol. The van der Waals surface area contributed by atoms with Crippen LogP contribution in [0.5, 0.6) is 5.75 Å². The lowest BCUT2D eigenvalue weighted by Gasteiger charge is -2.33. The van der Waals surface area contributed by atoms with E-state index in [0.717, 1.165) is 31.6 Å². The highest BCUT2D eigenvalue weighted by Gasteiger charge is 2.31. The molecule has 1 N–H and O–H groups in total. The van der Waals surface area contributed by atoms with Gasteiger partial charge in [-0.05, 0) is 50.2 Å². The van der Waals surface area contributed by atoms with Gasteiger partial charge < -0.3 is 15.0 Å². The normalized spacial score (nSPS) is 17.3. The van der Waals surface area contributed by atoms with Gasteiger partial charge in [0.15, 0.2) is 0 Å². The Morgan fingerprint density at radius 3 is 2.26 bits per heavy atom. The van der Waals surface area contributed by atoms with Gasteiger partial charge in [0, 0.05) is 18.8 Å². The Balaban J connectivity index is 2.01. The average Bonchev–Trinajstić information content (AvgIpc) is 2.38. The summed E-state index contributed by atoms with van der Waals surface area (Å²) in [5.74, 6) is -0.185. The van der Waals surface area contributed by atoms with Crippen LogP contribution < -0.4 is 15.0 Å². The fraction of sp³-hybridized carbons (Fsp3) is 0.538. The molecule has 19 heavy (non-hydrogen) atoms. The summed E-state index contributed by atoms with van der Waals surface area (Å²) in [6, 6.07) is 6.43. The minimum absolute atomic E-state index is 0.185. The van der Waals surface area contributed by atoms with Crippen LogP contribution in [-0.2, 0) is 0 Å². The van der Waals surface area contributed by atoms with Crippen LogP contribution in [-0.4, -0.2) is 32.5 Å². The SMILES string of the molecule is CN(c1ccc(OC(F)(F)F)cc1)C1CCNCC1. The summed E-state index contributed by atoms with van der Waals surface area (Å²) >= 11 is 0. The van der Waals surface area contributed by atoms with Crippen molar-refractivity contribution in [2.75, 3.05) is 25.0 Å². The molecule has 0 aromatic heterocycles. The molecule has 6 heteroatoms. The molecule has 0 radical (unpaired) electrons. The van der Waals surface area contributed by atoms with Crippen molar-refractivity contribution in [2.45, 2.75) is 25.2 Å². The quantitative estimate of drug-likeness (QED) is 0.917. The topological polar surface area (TPSA) is 24.5 Å². The Morgan fingerprint density at radius 2 is 1.74 bits per heavy atom. The Labute approximate surface area is 110 Å². The van der Waals surface area contributed by atoms with Crippen molar-refractivity contribution in [1.82, 2.24) is 5.32 Å². The third kappa shape index (κ3) is 4.02. The van der Waals surface area contributed by atoms with Crippen LogP contribution in [0.15, 0.2) is 24.3 Å². The van der Waals surface area contributed by atoms with Gasteiger partial charge >= 0.3 is 6.36 Å². The number of hydrogen-bond acceptors (Lipinski definition) is 3. The molecule has 0 amide bonds. The molecule has 2 rings (SSSR count). The largest absolute Gasteiger partial charge is 0.573 e. The molecule has 1 saturated heterocycles. The Hall–Kier alpha value is -1.43. The standard InChI is InChI=1S/C13H17F3N2O/c1-18(11-6-8-17-9-7-11)10-2-4-12(5-3-10)19-13(14,15)16/h2-5,11,17H,6-9H2,1H3. The maximum absolute atomic E-state index is 12.1. The molecule has 106 valence electrons. The summed E-state index contributed by atoms with van der Waals surface area (Å²) in [7, 11) is 1.97. The van der Waals surface area contributed by atoms with E-state index in [1.54, 1.807) is 12.1 Å². The number of anilines is 1. The van der Waals surface area contributed by atoms with Crippen molar-refractivity contribution < 1.29 is 17.9 Å². The Morgan fingerprint density at radius 1 is 1.16 bits per heavy atom. The van der Waals surface area contributed by atoms with Crippen LogP contribution >= 0.6 is 0 Å². The fourth-order valence-electron chi connectivity index (χ4n) is 2.29. The second kappa shape index (κ2) is 5.69. The van der Waals surface area contributed by atoms with Gasteiger partial charge in [-0.1, -0.05) is 0 Å². The molecule has 0 spiro atoms. The van der Waals surface area contributed by atoms with Crippen molar-refractivity contribution >= 4 is 5.69 Å². The summed E-state index contributed by atoms with van der Waals surface area (Å²) in [4.78, 5) is 2.11. The number of nitrogens with zero attached hydrogens (tertiary/aromatic N) is 1. The first-order valence-corrected chi connectivity index (χ1v) is 6.25. The van der Waals surface area contributed by atoms with Crippen LogP contribution in [0.1, 0.15) is 12.8 Å². The number of hydrogen-bond donors (Lipinski definition) is 1. The number of piperidine rings is 1. The molecular formula is C13H17F3N2O. The highest BCUT2D eigenvalue weighted by Crippen LogP contribution is 2.26. The van der Waals surface area contributed by atoms with E-state index in [4.69, 9.17) is 0 Å². The first kappa shape index (κ1) is 14.0. The summed E-state index contributed by atoms with van der Waals surface area (Å²) < 4.78 is 40.0. The lowest BCUT2D eigenvalue weighted by Crippen LogP contribution is -2.41. The van der Waals surface area contributed by atoms with E-state index in [1.165, 1.54) is 12.1 Å². The summed E-state index contributed by atoms with van der Waals surface area (Å²) in [6.07, 6.45) is -2.56. The number of alkyl halides is 3. The maximum Gasteiger partial charge on any atom is 0.573 e. The van der Waals surface area contributed by atoms with Crippen molar-refractivity contribution in [3.63, 3.8) is 0 Å². The second-order valence-electron chi connectivity index (χ2n) is 4.63. The Kier molecular flexibility index (Phi) is 4.19. The van der Waals surface area contributed by atoms with Crippen molar-refractivity contribution in [3.05, 3.63) is 24.3 Å². The minimum Gasteiger partial charge on any atom is -0.406 e. The molecule has 1 aliphatic heterocycles. The van der Waals surface area contributed by atoms with Gasteiger partial charge in [0.25, 0.3) is 0 Å². The number of nitrogens with one attached hydrogen (secondary N) is 1. The molecule has 0 aliphatic carbocycles. The van der Waals surface area contributed by atoms with Crippen LogP contribution in [0.3, 0.4) is 0 Å². The van der Waals surface area contributed by atoms with E-state index in [2.05, 4.69) is 15.0 Å². The zero-order chi connectivity index (χ0) is 13.9. The predicted octanol–water partition coefficient (Wildman–Crippen LogP) is 2.77. The van der Waals surface area contributed by atoms with Gasteiger partial charge in [-0.25, -0.2) is 0 Å². The predicted molar refractivity (Wildman–Crippen MR) is 67.4 cm³/mol. The lowest BCUT2D eigenvalue weighted by atomic mass is 10.0. The molecule has 1 aromatic carbocycles. The first-order chi connectivity index (χ1) is 8.96. The third-order valence-corrected chi connectivity index (χ3v) is 3.33. The maximum atomic E-state index is 12.1. The van der Waals surface area contributed by atoms with Crippen molar-refractivity contribution in [2.24, 2.45) is 0 Å². The van der Waals surface area contributed by atoms with Crippen LogP contribution in [0.25, 0.3) is 0 Å². The minimum atomic E-state index is -4.64. The molecule has 0 unspecified atom stereocenters. The lowest BCUT2D eigenvalue weighted by molar-refractivity contribution is -0.274. The summed E-state index contributed by atoms with van der Waals surface area (Å²) in [5.41, 5.74) is 0.904. The monoisotopic (exact) mass is 274 g/mol. The zero-order valence-corrected chi connectivity index (χ0v) is 10.7. The molecule has 1 fully saturated rings. The van der Waals surface area contributed by atoms with Gasteiger partial charge in [0.1, 0.15) is 5.75 Å². The number of halogens is 3. The molecule has 3 nitrogen and oxygen atoms in total. The van der Waals surface area contributed by atoms with E-state index in [0.29, 0.717) is 6.04 Å². The van der Waals surface area contributed by atoms with Gasteiger partial charge in [0.05, 0.1) is 0 Å². The van der Waals surface area contributed by atoms with E-state index < -0.39 is 6.36 Å². The number of benzene rings is 1. The van der Waals surface area contributed by atoms with Gasteiger partial charge in [0.2, 0.25) is 0 Å². The molecule has 0 atom stereocenters. The molecule has 1 heterocycles. The average molecular weight is 274 g/mol. The fourth-order valence-corrected chi connectivity index (χ4v) is 2.29. The van der Waals surface area contributed by atoms with Gasteiger partial charge in [-0.3, -0.25) is 0 Å². The second-order valence-corrected chi connectivity index (χ2v) is 4.63.